The minimum absolute atomic E-state index is 0.0589. The number of aromatic nitrogens is 1. The first kappa shape index (κ1) is 13.1. The lowest BCUT2D eigenvalue weighted by atomic mass is 10.2. The number of anilines is 1. The number of rotatable bonds is 2. The third-order valence-electron chi connectivity index (χ3n) is 3.11. The van der Waals surface area contributed by atoms with Crippen LogP contribution in [0.25, 0.3) is 0 Å². The van der Waals surface area contributed by atoms with E-state index in [9.17, 15) is 13.2 Å². The molecule has 0 aromatic carbocycles. The number of nitrogens with zero attached hydrogens (tertiary/aromatic N) is 2. The maximum Gasteiger partial charge on any atom is 0.405 e. The van der Waals surface area contributed by atoms with Crippen molar-refractivity contribution in [2.24, 2.45) is 0 Å². The number of piperazine rings is 1. The van der Waals surface area contributed by atoms with E-state index in [1.165, 1.54) is 0 Å². The van der Waals surface area contributed by atoms with Gasteiger partial charge in [0.15, 0.2) is 0 Å². The summed E-state index contributed by atoms with van der Waals surface area (Å²) < 4.78 is 37.9. The lowest BCUT2D eigenvalue weighted by Crippen LogP contribution is -2.57. The van der Waals surface area contributed by atoms with Gasteiger partial charge in [0, 0.05) is 25.3 Å². The molecule has 3 nitrogen and oxygen atoms in total. The molecule has 18 heavy (non-hydrogen) atoms. The number of hydrogen-bond donors (Lipinski definition) is 1. The van der Waals surface area contributed by atoms with Crippen molar-refractivity contribution < 1.29 is 13.2 Å². The van der Waals surface area contributed by atoms with Crippen LogP contribution in [-0.4, -0.2) is 36.8 Å². The van der Waals surface area contributed by atoms with Gasteiger partial charge in [-0.05, 0) is 18.6 Å². The summed E-state index contributed by atoms with van der Waals surface area (Å²) in [7, 11) is 0. The highest BCUT2D eigenvalue weighted by Gasteiger charge is 2.41. The average molecular weight is 259 g/mol. The fourth-order valence-electron chi connectivity index (χ4n) is 2.02. The Kier molecular flexibility index (Phi) is 3.75. The van der Waals surface area contributed by atoms with Crippen LogP contribution < -0.4 is 10.2 Å². The fourth-order valence-corrected chi connectivity index (χ4v) is 2.02. The van der Waals surface area contributed by atoms with Crippen LogP contribution >= 0.6 is 0 Å². The molecule has 1 fully saturated rings. The molecular formula is C12H16F3N3. The van der Waals surface area contributed by atoms with Crippen LogP contribution in [0.15, 0.2) is 18.3 Å². The Labute approximate surface area is 104 Å². The van der Waals surface area contributed by atoms with Crippen molar-refractivity contribution in [2.45, 2.75) is 25.6 Å². The molecule has 100 valence electrons. The number of halogens is 3. The monoisotopic (exact) mass is 259 g/mol. The van der Waals surface area contributed by atoms with Gasteiger partial charge in [0.25, 0.3) is 0 Å². The smallest absolute Gasteiger partial charge is 0.367 e. The van der Waals surface area contributed by atoms with Crippen molar-refractivity contribution >= 4 is 5.69 Å². The van der Waals surface area contributed by atoms with Gasteiger partial charge in [-0.2, -0.15) is 13.2 Å². The molecule has 6 heteroatoms. The van der Waals surface area contributed by atoms with Gasteiger partial charge in [-0.25, -0.2) is 0 Å². The van der Waals surface area contributed by atoms with Crippen LogP contribution in [0.5, 0.6) is 0 Å². The summed E-state index contributed by atoms with van der Waals surface area (Å²) >= 11 is 0. The summed E-state index contributed by atoms with van der Waals surface area (Å²) in [4.78, 5) is 5.94. The molecule has 0 bridgehead atoms. The van der Waals surface area contributed by atoms with E-state index in [4.69, 9.17) is 0 Å². The second-order valence-electron chi connectivity index (χ2n) is 4.36. The first-order valence-electron chi connectivity index (χ1n) is 6.00. The summed E-state index contributed by atoms with van der Waals surface area (Å²) in [6, 6.07) is 2.24. The summed E-state index contributed by atoms with van der Waals surface area (Å²) in [6.07, 6.45) is -1.72. The zero-order valence-corrected chi connectivity index (χ0v) is 10.2. The van der Waals surface area contributed by atoms with Gasteiger partial charge < -0.3 is 10.2 Å². The van der Waals surface area contributed by atoms with Gasteiger partial charge in [-0.1, -0.05) is 6.92 Å². The van der Waals surface area contributed by atoms with Crippen molar-refractivity contribution in [3.63, 3.8) is 0 Å². The number of aryl methyl sites for hydroxylation is 1. The first-order valence-corrected chi connectivity index (χ1v) is 6.00. The molecular weight excluding hydrogens is 243 g/mol. The van der Waals surface area contributed by atoms with Crippen LogP contribution in [0.4, 0.5) is 18.9 Å². The molecule has 1 saturated heterocycles. The standard InChI is InChI=1S/C12H16F3N3/c1-2-9-3-4-10(7-17-9)18-6-5-16-11(8-18)12(13,14)15/h3-4,7,11,16H,2,5-6,8H2,1H3. The van der Waals surface area contributed by atoms with E-state index in [2.05, 4.69) is 10.3 Å². The van der Waals surface area contributed by atoms with Gasteiger partial charge in [0.1, 0.15) is 6.04 Å². The number of alkyl halides is 3. The van der Waals surface area contributed by atoms with Crippen molar-refractivity contribution in [3.05, 3.63) is 24.0 Å². The minimum Gasteiger partial charge on any atom is -0.367 e. The maximum atomic E-state index is 12.6. The fraction of sp³-hybridized carbons (Fsp3) is 0.583. The molecule has 0 aliphatic carbocycles. The van der Waals surface area contributed by atoms with Crippen molar-refractivity contribution in [3.8, 4) is 0 Å². The average Bonchev–Trinajstić information content (AvgIpc) is 2.38. The Morgan fingerprint density at radius 1 is 1.44 bits per heavy atom. The molecule has 1 N–H and O–H groups in total. The van der Waals surface area contributed by atoms with E-state index >= 15 is 0 Å². The molecule has 1 aliphatic rings. The summed E-state index contributed by atoms with van der Waals surface area (Å²) in [5.41, 5.74) is 1.70. The summed E-state index contributed by atoms with van der Waals surface area (Å²) in [5.74, 6) is 0. The number of nitrogens with one attached hydrogen (secondary N) is 1. The molecule has 0 amide bonds. The highest BCUT2D eigenvalue weighted by atomic mass is 19.4. The first-order chi connectivity index (χ1) is 8.50. The van der Waals surface area contributed by atoms with E-state index in [1.807, 2.05) is 19.1 Å². The van der Waals surface area contributed by atoms with Crippen LogP contribution in [-0.2, 0) is 6.42 Å². The second kappa shape index (κ2) is 5.14. The maximum absolute atomic E-state index is 12.6. The molecule has 1 atom stereocenters. The number of pyridine rings is 1. The molecule has 2 heterocycles. The van der Waals surface area contributed by atoms with Crippen molar-refractivity contribution in [2.75, 3.05) is 24.5 Å². The van der Waals surface area contributed by atoms with Gasteiger partial charge in [-0.15, -0.1) is 0 Å². The molecule has 0 radical (unpaired) electrons. The normalized spacial score (nSPS) is 21.1. The van der Waals surface area contributed by atoms with E-state index < -0.39 is 12.2 Å². The quantitative estimate of drug-likeness (QED) is 0.880. The Morgan fingerprint density at radius 3 is 2.78 bits per heavy atom. The van der Waals surface area contributed by atoms with Gasteiger partial charge in [0.05, 0.1) is 11.9 Å². The Morgan fingerprint density at radius 2 is 2.22 bits per heavy atom. The third-order valence-corrected chi connectivity index (χ3v) is 3.11. The number of hydrogen-bond acceptors (Lipinski definition) is 3. The Balaban J connectivity index is 2.08. The van der Waals surface area contributed by atoms with Crippen LogP contribution in [0.2, 0.25) is 0 Å². The zero-order chi connectivity index (χ0) is 13.2. The van der Waals surface area contributed by atoms with E-state index in [1.54, 1.807) is 11.1 Å². The topological polar surface area (TPSA) is 28.2 Å². The Hall–Kier alpha value is -1.30. The van der Waals surface area contributed by atoms with E-state index in [0.29, 0.717) is 13.1 Å². The predicted octanol–water partition coefficient (Wildman–Crippen LogP) is 1.98. The third kappa shape index (κ3) is 2.93. The van der Waals surface area contributed by atoms with Crippen LogP contribution in [0.3, 0.4) is 0 Å². The SMILES string of the molecule is CCc1ccc(N2CCNC(C(F)(F)F)C2)cn1. The van der Waals surface area contributed by atoms with Crippen LogP contribution in [0.1, 0.15) is 12.6 Å². The predicted molar refractivity (Wildman–Crippen MR) is 63.7 cm³/mol. The molecule has 0 spiro atoms. The molecule has 0 saturated carbocycles. The highest BCUT2D eigenvalue weighted by Crippen LogP contribution is 2.24. The summed E-state index contributed by atoms with van der Waals surface area (Å²) in [6.45, 7) is 2.84. The zero-order valence-electron chi connectivity index (χ0n) is 10.2. The second-order valence-corrected chi connectivity index (χ2v) is 4.36. The molecule has 1 aromatic rings. The Bertz CT molecular complexity index is 389. The van der Waals surface area contributed by atoms with Gasteiger partial charge in [-0.3, -0.25) is 4.98 Å². The largest absolute Gasteiger partial charge is 0.405 e. The minimum atomic E-state index is -4.20. The lowest BCUT2D eigenvalue weighted by Gasteiger charge is -2.35. The van der Waals surface area contributed by atoms with Crippen LogP contribution in [0, 0.1) is 0 Å². The molecule has 1 aromatic heterocycles. The van der Waals surface area contributed by atoms with Gasteiger partial charge >= 0.3 is 6.18 Å². The van der Waals surface area contributed by atoms with Gasteiger partial charge in [0.2, 0.25) is 0 Å². The molecule has 1 unspecified atom stereocenters. The van der Waals surface area contributed by atoms with E-state index in [0.717, 1.165) is 17.8 Å². The lowest BCUT2D eigenvalue weighted by molar-refractivity contribution is -0.155. The van der Waals surface area contributed by atoms with E-state index in [-0.39, 0.29) is 6.54 Å². The molecule has 2 rings (SSSR count). The highest BCUT2D eigenvalue weighted by molar-refractivity contribution is 5.45. The molecule has 1 aliphatic heterocycles. The summed E-state index contributed by atoms with van der Waals surface area (Å²) in [5, 5.41) is 2.49. The van der Waals surface area contributed by atoms with Crippen molar-refractivity contribution in [1.82, 2.24) is 10.3 Å². The van der Waals surface area contributed by atoms with Crippen molar-refractivity contribution in [1.29, 1.82) is 0 Å².